The monoisotopic (exact) mass is 242 g/mol. The number of carbonyl (C=O) groups is 1. The number of hydrogen-bond acceptors (Lipinski definition) is 3. The van der Waals surface area contributed by atoms with Crippen LogP contribution < -0.4 is 0 Å². The number of aliphatic carboxylic acids is 1. The second-order valence-electron chi connectivity index (χ2n) is 4.60. The molecule has 4 heteroatoms. The highest BCUT2D eigenvalue weighted by atomic mass is 16.4. The van der Waals surface area contributed by atoms with E-state index in [0.29, 0.717) is 5.69 Å². The summed E-state index contributed by atoms with van der Waals surface area (Å²) >= 11 is 0. The lowest BCUT2D eigenvalue weighted by Gasteiger charge is -2.17. The number of rotatable bonds is 3. The van der Waals surface area contributed by atoms with Crippen molar-refractivity contribution in [2.75, 3.05) is 0 Å². The number of carboxylic acids is 1. The average Bonchev–Trinajstić information content (AvgIpc) is 2.40. The zero-order valence-electron chi connectivity index (χ0n) is 10.3. The number of nitrogens with zero attached hydrogens (tertiary/aromatic N) is 2. The minimum atomic E-state index is -1.03. The van der Waals surface area contributed by atoms with E-state index in [1.807, 2.05) is 30.3 Å². The summed E-state index contributed by atoms with van der Waals surface area (Å²) < 4.78 is 0. The van der Waals surface area contributed by atoms with Gasteiger partial charge in [-0.15, -0.1) is 0 Å². The van der Waals surface area contributed by atoms with Gasteiger partial charge in [-0.1, -0.05) is 30.3 Å². The van der Waals surface area contributed by atoms with Crippen LogP contribution in [0.25, 0.3) is 11.3 Å². The van der Waals surface area contributed by atoms with Crippen molar-refractivity contribution in [2.24, 2.45) is 0 Å². The molecule has 0 amide bonds. The normalized spacial score (nSPS) is 11.2. The summed E-state index contributed by atoms with van der Waals surface area (Å²) in [5, 5.41) is 17.2. The first-order valence-corrected chi connectivity index (χ1v) is 5.65. The van der Waals surface area contributed by atoms with E-state index in [9.17, 15) is 4.79 Å². The molecular weight excluding hydrogens is 228 g/mol. The molecule has 0 atom stereocenters. The quantitative estimate of drug-likeness (QED) is 0.898. The summed E-state index contributed by atoms with van der Waals surface area (Å²) in [5.41, 5.74) is 1.13. The summed E-state index contributed by atoms with van der Waals surface area (Å²) in [7, 11) is 0. The Kier molecular flexibility index (Phi) is 3.10. The molecule has 0 saturated carbocycles. The largest absolute Gasteiger partial charge is 0.481 e. The van der Waals surface area contributed by atoms with Gasteiger partial charge in [-0.05, 0) is 26.0 Å². The Balaban J connectivity index is 2.35. The molecule has 0 fully saturated rings. The van der Waals surface area contributed by atoms with E-state index in [0.717, 1.165) is 11.3 Å². The van der Waals surface area contributed by atoms with Crippen LogP contribution in [0.3, 0.4) is 0 Å². The first-order valence-electron chi connectivity index (χ1n) is 5.65. The number of aromatic nitrogens is 2. The molecular formula is C14H14N2O2. The molecule has 1 aromatic heterocycles. The third-order valence-corrected chi connectivity index (χ3v) is 2.91. The summed E-state index contributed by atoms with van der Waals surface area (Å²) in [5.74, 6) is -0.913. The summed E-state index contributed by atoms with van der Waals surface area (Å²) in [6, 6.07) is 13.2. The van der Waals surface area contributed by atoms with Crippen molar-refractivity contribution < 1.29 is 9.90 Å². The first kappa shape index (κ1) is 12.2. The highest BCUT2D eigenvalue weighted by Crippen LogP contribution is 2.22. The fourth-order valence-corrected chi connectivity index (χ4v) is 1.54. The minimum Gasteiger partial charge on any atom is -0.481 e. The van der Waals surface area contributed by atoms with E-state index in [4.69, 9.17) is 5.11 Å². The fraction of sp³-hybridized carbons (Fsp3) is 0.214. The lowest BCUT2D eigenvalue weighted by atomic mass is 9.89. The highest BCUT2D eigenvalue weighted by Gasteiger charge is 2.31. The van der Waals surface area contributed by atoms with E-state index >= 15 is 0 Å². The van der Waals surface area contributed by atoms with Gasteiger partial charge in [0.1, 0.15) is 5.41 Å². The predicted octanol–water partition coefficient (Wildman–Crippen LogP) is 2.51. The molecule has 0 aliphatic carbocycles. The third-order valence-electron chi connectivity index (χ3n) is 2.91. The standard InChI is InChI=1S/C14H14N2O2/c1-14(2,13(17)18)12-9-8-11(15-16-12)10-6-4-3-5-7-10/h3-9H,1-2H3,(H,17,18). The number of hydrogen-bond donors (Lipinski definition) is 1. The smallest absolute Gasteiger partial charge is 0.315 e. The van der Waals surface area contributed by atoms with Crippen molar-refractivity contribution >= 4 is 5.97 Å². The maximum absolute atomic E-state index is 11.1. The van der Waals surface area contributed by atoms with Crippen molar-refractivity contribution in [3.63, 3.8) is 0 Å². The van der Waals surface area contributed by atoms with Crippen LogP contribution in [-0.4, -0.2) is 21.3 Å². The molecule has 0 radical (unpaired) electrons. The second-order valence-corrected chi connectivity index (χ2v) is 4.60. The lowest BCUT2D eigenvalue weighted by molar-refractivity contribution is -0.142. The molecule has 0 aliphatic rings. The average molecular weight is 242 g/mol. The summed E-state index contributed by atoms with van der Waals surface area (Å²) in [6.45, 7) is 3.23. The predicted molar refractivity (Wildman–Crippen MR) is 68.1 cm³/mol. The Labute approximate surface area is 105 Å². The third kappa shape index (κ3) is 2.22. The summed E-state index contributed by atoms with van der Waals surface area (Å²) in [6.07, 6.45) is 0. The van der Waals surface area contributed by atoms with Gasteiger partial charge in [0.25, 0.3) is 0 Å². The van der Waals surface area contributed by atoms with Gasteiger partial charge in [-0.3, -0.25) is 4.79 Å². The van der Waals surface area contributed by atoms with Crippen molar-refractivity contribution in [1.82, 2.24) is 10.2 Å². The Morgan fingerprint density at radius 2 is 1.72 bits per heavy atom. The molecule has 2 aromatic rings. The second kappa shape index (κ2) is 4.56. The van der Waals surface area contributed by atoms with Crippen LogP contribution in [0.5, 0.6) is 0 Å². The van der Waals surface area contributed by atoms with E-state index in [-0.39, 0.29) is 0 Å². The van der Waals surface area contributed by atoms with Crippen LogP contribution in [0.15, 0.2) is 42.5 Å². The van der Waals surface area contributed by atoms with E-state index in [1.165, 1.54) is 0 Å². The molecule has 18 heavy (non-hydrogen) atoms. The van der Waals surface area contributed by atoms with E-state index in [2.05, 4.69) is 10.2 Å². The van der Waals surface area contributed by atoms with E-state index in [1.54, 1.807) is 26.0 Å². The van der Waals surface area contributed by atoms with Gasteiger partial charge < -0.3 is 5.11 Å². The molecule has 1 N–H and O–H groups in total. The molecule has 92 valence electrons. The van der Waals surface area contributed by atoms with Crippen LogP contribution in [0.2, 0.25) is 0 Å². The minimum absolute atomic E-state index is 0.453. The number of benzene rings is 1. The highest BCUT2D eigenvalue weighted by molar-refractivity contribution is 5.79. The lowest BCUT2D eigenvalue weighted by Crippen LogP contribution is -2.29. The van der Waals surface area contributed by atoms with Crippen LogP contribution in [0.1, 0.15) is 19.5 Å². The zero-order chi connectivity index (χ0) is 13.2. The molecule has 1 aromatic carbocycles. The van der Waals surface area contributed by atoms with Crippen molar-refractivity contribution in [1.29, 1.82) is 0 Å². The summed E-state index contributed by atoms with van der Waals surface area (Å²) in [4.78, 5) is 11.1. The van der Waals surface area contributed by atoms with Gasteiger partial charge in [0.15, 0.2) is 0 Å². The van der Waals surface area contributed by atoms with Gasteiger partial charge in [0, 0.05) is 5.56 Å². The molecule has 0 spiro atoms. The van der Waals surface area contributed by atoms with Crippen molar-refractivity contribution in [3.8, 4) is 11.3 Å². The van der Waals surface area contributed by atoms with Crippen LogP contribution >= 0.6 is 0 Å². The van der Waals surface area contributed by atoms with Crippen molar-refractivity contribution in [3.05, 3.63) is 48.2 Å². The molecule has 1 heterocycles. The Hall–Kier alpha value is -2.23. The molecule has 0 aliphatic heterocycles. The van der Waals surface area contributed by atoms with Crippen LogP contribution in [-0.2, 0) is 10.2 Å². The fourth-order valence-electron chi connectivity index (χ4n) is 1.54. The number of carboxylic acid groups (broad SMARTS) is 1. The van der Waals surface area contributed by atoms with Gasteiger partial charge in [-0.2, -0.15) is 10.2 Å². The van der Waals surface area contributed by atoms with Crippen molar-refractivity contribution in [2.45, 2.75) is 19.3 Å². The van der Waals surface area contributed by atoms with Crippen LogP contribution in [0, 0.1) is 0 Å². The Bertz CT molecular complexity index is 548. The maximum Gasteiger partial charge on any atom is 0.315 e. The molecule has 0 unspecified atom stereocenters. The maximum atomic E-state index is 11.1. The van der Waals surface area contributed by atoms with Crippen LogP contribution in [0.4, 0.5) is 0 Å². The Morgan fingerprint density at radius 1 is 1.06 bits per heavy atom. The SMILES string of the molecule is CC(C)(C(=O)O)c1ccc(-c2ccccc2)nn1. The molecule has 0 saturated heterocycles. The first-order chi connectivity index (χ1) is 8.51. The molecule has 4 nitrogen and oxygen atoms in total. The molecule has 2 rings (SSSR count). The Morgan fingerprint density at radius 3 is 2.22 bits per heavy atom. The van der Waals surface area contributed by atoms with Gasteiger partial charge in [0.2, 0.25) is 0 Å². The van der Waals surface area contributed by atoms with Gasteiger partial charge in [-0.25, -0.2) is 0 Å². The van der Waals surface area contributed by atoms with Gasteiger partial charge >= 0.3 is 5.97 Å². The zero-order valence-corrected chi connectivity index (χ0v) is 10.3. The van der Waals surface area contributed by atoms with Gasteiger partial charge in [0.05, 0.1) is 11.4 Å². The van der Waals surface area contributed by atoms with E-state index < -0.39 is 11.4 Å². The molecule has 0 bridgehead atoms. The topological polar surface area (TPSA) is 63.1 Å².